The topological polar surface area (TPSA) is 49.7 Å². The van der Waals surface area contributed by atoms with E-state index in [2.05, 4.69) is 0 Å². The molecular formula is C24H36O3. The number of aliphatic hydroxyl groups excluding tert-OH is 2. The van der Waals surface area contributed by atoms with E-state index in [1.54, 1.807) is 0 Å². The van der Waals surface area contributed by atoms with Gasteiger partial charge in [-0.15, -0.1) is 0 Å². The Kier molecular flexibility index (Phi) is 3.53. The zero-order valence-electron chi connectivity index (χ0n) is 16.5. The Bertz CT molecular complexity index is 621. The lowest BCUT2D eigenvalue weighted by atomic mass is 9.36. The molecule has 0 aromatic carbocycles. The molecule has 0 aromatic heterocycles. The largest absolute Gasteiger partial charge is 0.392 e. The van der Waals surface area contributed by atoms with Crippen LogP contribution in [0, 0.1) is 59.2 Å². The van der Waals surface area contributed by atoms with Crippen molar-refractivity contribution in [3.05, 3.63) is 0 Å². The molecule has 3 nitrogen and oxygen atoms in total. The first kappa shape index (κ1) is 16.7. The molecule has 0 spiro atoms. The van der Waals surface area contributed by atoms with Gasteiger partial charge in [-0.25, -0.2) is 0 Å². The first-order valence-corrected chi connectivity index (χ1v) is 12.3. The quantitative estimate of drug-likeness (QED) is 0.683. The number of hydrogen-bond donors (Lipinski definition) is 2. The first-order valence-electron chi connectivity index (χ1n) is 12.3. The molecule has 3 heteroatoms. The van der Waals surface area contributed by atoms with Crippen LogP contribution in [0.3, 0.4) is 0 Å². The van der Waals surface area contributed by atoms with Gasteiger partial charge < -0.3 is 14.9 Å². The highest BCUT2D eigenvalue weighted by Crippen LogP contribution is 2.70. The van der Waals surface area contributed by atoms with E-state index in [9.17, 15) is 10.2 Å². The summed E-state index contributed by atoms with van der Waals surface area (Å²) < 4.78 is 6.24. The van der Waals surface area contributed by atoms with Crippen LogP contribution in [0.5, 0.6) is 0 Å². The van der Waals surface area contributed by atoms with Crippen molar-refractivity contribution in [1.82, 2.24) is 0 Å². The number of aliphatic hydroxyl groups is 2. The SMILES string of the molecule is OC1C2CCCCC2C2C3CCCCC3C3CCC4OC5C(O)C1C2C3C45. The van der Waals surface area contributed by atoms with Gasteiger partial charge in [-0.05, 0) is 85.9 Å². The van der Waals surface area contributed by atoms with E-state index in [0.29, 0.717) is 23.9 Å². The second kappa shape index (κ2) is 5.73. The Morgan fingerprint density at radius 1 is 0.481 bits per heavy atom. The average Bonchev–Trinajstić information content (AvgIpc) is 2.68. The molecule has 27 heavy (non-hydrogen) atoms. The molecule has 6 saturated carbocycles. The zero-order chi connectivity index (χ0) is 17.9. The van der Waals surface area contributed by atoms with Gasteiger partial charge in [0.2, 0.25) is 0 Å². The van der Waals surface area contributed by atoms with Gasteiger partial charge in [0.05, 0.1) is 24.4 Å². The molecule has 2 N–H and O–H groups in total. The number of ether oxygens (including phenoxy) is 1. The maximum Gasteiger partial charge on any atom is 0.0897 e. The van der Waals surface area contributed by atoms with Crippen LogP contribution >= 0.6 is 0 Å². The van der Waals surface area contributed by atoms with Crippen LogP contribution in [0.2, 0.25) is 0 Å². The van der Waals surface area contributed by atoms with Crippen LogP contribution < -0.4 is 0 Å². The molecule has 1 heterocycles. The summed E-state index contributed by atoms with van der Waals surface area (Å²) in [4.78, 5) is 0. The second-order valence-electron chi connectivity index (χ2n) is 11.5. The molecule has 150 valence electrons. The molecule has 7 aliphatic rings. The molecule has 6 aliphatic carbocycles. The van der Waals surface area contributed by atoms with Crippen molar-refractivity contribution in [3.63, 3.8) is 0 Å². The fourth-order valence-electron chi connectivity index (χ4n) is 10.5. The molecule has 14 atom stereocenters. The van der Waals surface area contributed by atoms with E-state index >= 15 is 0 Å². The molecule has 0 aromatic rings. The highest BCUT2D eigenvalue weighted by atomic mass is 16.5. The fourth-order valence-corrected chi connectivity index (χ4v) is 10.5. The summed E-state index contributed by atoms with van der Waals surface area (Å²) in [6.07, 6.45) is 13.3. The summed E-state index contributed by atoms with van der Waals surface area (Å²) in [6, 6.07) is 0. The summed E-state index contributed by atoms with van der Waals surface area (Å²) in [7, 11) is 0. The van der Waals surface area contributed by atoms with Gasteiger partial charge >= 0.3 is 0 Å². The van der Waals surface area contributed by atoms with Gasteiger partial charge in [0.25, 0.3) is 0 Å². The minimum absolute atomic E-state index is 0.0413. The first-order chi connectivity index (χ1) is 13.3. The summed E-state index contributed by atoms with van der Waals surface area (Å²) in [5.41, 5.74) is 0. The van der Waals surface area contributed by atoms with Gasteiger partial charge in [0.1, 0.15) is 0 Å². The van der Waals surface area contributed by atoms with E-state index in [4.69, 9.17) is 4.74 Å². The van der Waals surface area contributed by atoms with E-state index in [1.165, 1.54) is 64.2 Å². The van der Waals surface area contributed by atoms with Crippen LogP contribution in [-0.2, 0) is 4.74 Å². The van der Waals surface area contributed by atoms with Crippen molar-refractivity contribution < 1.29 is 14.9 Å². The third-order valence-corrected chi connectivity index (χ3v) is 11.0. The molecular weight excluding hydrogens is 336 g/mol. The summed E-state index contributed by atoms with van der Waals surface area (Å²) >= 11 is 0. The highest BCUT2D eigenvalue weighted by Gasteiger charge is 2.71. The van der Waals surface area contributed by atoms with Crippen molar-refractivity contribution in [2.75, 3.05) is 0 Å². The van der Waals surface area contributed by atoms with E-state index in [1.807, 2.05) is 0 Å². The molecule has 7 rings (SSSR count). The standard InChI is InChI=1S/C24H36O3/c25-22-15-8-4-3-7-13(15)17-12-6-2-1-5-11(12)14-9-10-16-19-18(14)20(17)21(22)23(26)24(19)27-16/h11-26H,1-10H2. The molecule has 1 saturated heterocycles. The van der Waals surface area contributed by atoms with Crippen molar-refractivity contribution in [2.24, 2.45) is 59.2 Å². The maximum absolute atomic E-state index is 11.5. The number of fused-ring (bicyclic) bond motifs is 5. The smallest absolute Gasteiger partial charge is 0.0897 e. The monoisotopic (exact) mass is 372 g/mol. The molecule has 0 bridgehead atoms. The van der Waals surface area contributed by atoms with Crippen LogP contribution in [0.15, 0.2) is 0 Å². The number of hydrogen-bond acceptors (Lipinski definition) is 3. The molecule has 7 fully saturated rings. The minimum atomic E-state index is -0.410. The Labute approximate surface area is 163 Å². The van der Waals surface area contributed by atoms with Gasteiger partial charge in [0.15, 0.2) is 0 Å². The minimum Gasteiger partial charge on any atom is -0.392 e. The van der Waals surface area contributed by atoms with E-state index in [0.717, 1.165) is 35.5 Å². The van der Waals surface area contributed by atoms with E-state index in [-0.39, 0.29) is 18.1 Å². The van der Waals surface area contributed by atoms with Gasteiger partial charge in [-0.1, -0.05) is 25.7 Å². The number of rotatable bonds is 0. The van der Waals surface area contributed by atoms with Gasteiger partial charge in [0, 0.05) is 11.8 Å². The lowest BCUT2D eigenvalue weighted by Gasteiger charge is -2.72. The van der Waals surface area contributed by atoms with Crippen molar-refractivity contribution in [1.29, 1.82) is 0 Å². The predicted molar refractivity (Wildman–Crippen MR) is 102 cm³/mol. The predicted octanol–water partition coefficient (Wildman–Crippen LogP) is 3.62. The summed E-state index contributed by atoms with van der Waals surface area (Å²) in [5.74, 6) is 6.75. The lowest BCUT2D eigenvalue weighted by molar-refractivity contribution is -0.349. The third-order valence-electron chi connectivity index (χ3n) is 11.0. The Morgan fingerprint density at radius 3 is 1.89 bits per heavy atom. The van der Waals surface area contributed by atoms with E-state index < -0.39 is 6.10 Å². The Morgan fingerprint density at radius 2 is 1.11 bits per heavy atom. The van der Waals surface area contributed by atoms with Crippen molar-refractivity contribution in [2.45, 2.75) is 88.6 Å². The van der Waals surface area contributed by atoms with Gasteiger partial charge in [-0.2, -0.15) is 0 Å². The highest BCUT2D eigenvalue weighted by molar-refractivity contribution is 5.19. The zero-order valence-corrected chi connectivity index (χ0v) is 16.5. The molecule has 0 radical (unpaired) electrons. The van der Waals surface area contributed by atoms with Crippen LogP contribution in [0.25, 0.3) is 0 Å². The fraction of sp³-hybridized carbons (Fsp3) is 1.00. The average molecular weight is 373 g/mol. The van der Waals surface area contributed by atoms with Crippen molar-refractivity contribution in [3.8, 4) is 0 Å². The molecule has 0 amide bonds. The molecule has 1 aliphatic heterocycles. The van der Waals surface area contributed by atoms with Crippen LogP contribution in [-0.4, -0.2) is 34.6 Å². The van der Waals surface area contributed by atoms with Crippen LogP contribution in [0.1, 0.15) is 64.2 Å². The van der Waals surface area contributed by atoms with Crippen molar-refractivity contribution >= 4 is 0 Å². The third kappa shape index (κ3) is 1.96. The lowest BCUT2D eigenvalue weighted by Crippen LogP contribution is -2.75. The van der Waals surface area contributed by atoms with Gasteiger partial charge in [-0.3, -0.25) is 0 Å². The summed E-state index contributed by atoms with van der Waals surface area (Å²) in [5, 5.41) is 22.9. The molecule has 14 unspecified atom stereocenters. The Hall–Kier alpha value is -0.120. The second-order valence-corrected chi connectivity index (χ2v) is 11.5. The maximum atomic E-state index is 11.5. The normalized spacial score (nSPS) is 66.0. The Balaban J connectivity index is 1.38. The van der Waals surface area contributed by atoms with Crippen LogP contribution in [0.4, 0.5) is 0 Å². The summed E-state index contributed by atoms with van der Waals surface area (Å²) in [6.45, 7) is 0.